The number of nitrogens with zero attached hydrogens (tertiary/aromatic N) is 1. The number of carboxylic acids is 1. The lowest BCUT2D eigenvalue weighted by Gasteiger charge is -2.20. The van der Waals surface area contributed by atoms with Gasteiger partial charge in [-0.3, -0.25) is 9.59 Å². The molecule has 0 radical (unpaired) electrons. The van der Waals surface area contributed by atoms with Crippen LogP contribution in [0.5, 0.6) is 5.75 Å². The molecule has 1 aliphatic rings. The van der Waals surface area contributed by atoms with Gasteiger partial charge in [0.1, 0.15) is 5.75 Å². The molecule has 0 saturated carbocycles. The van der Waals surface area contributed by atoms with E-state index in [9.17, 15) is 22.8 Å². The van der Waals surface area contributed by atoms with Crippen molar-refractivity contribution in [2.75, 3.05) is 19.7 Å². The van der Waals surface area contributed by atoms with Crippen LogP contribution in [0.1, 0.15) is 18.9 Å². The van der Waals surface area contributed by atoms with E-state index in [4.69, 9.17) is 9.84 Å². The van der Waals surface area contributed by atoms with E-state index in [2.05, 4.69) is 0 Å². The number of benzene rings is 1. The molecular weight excluding hydrogens is 315 g/mol. The highest BCUT2D eigenvalue weighted by molar-refractivity contribution is 5.81. The van der Waals surface area contributed by atoms with E-state index in [-0.39, 0.29) is 18.8 Å². The van der Waals surface area contributed by atoms with Crippen molar-refractivity contribution in [1.82, 2.24) is 4.90 Å². The van der Waals surface area contributed by atoms with E-state index in [0.717, 1.165) is 12.1 Å². The average molecular weight is 331 g/mol. The van der Waals surface area contributed by atoms with E-state index in [1.54, 1.807) is 6.92 Å². The Morgan fingerprint density at radius 2 is 2.09 bits per heavy atom. The Hall–Kier alpha value is -2.25. The Morgan fingerprint density at radius 3 is 2.65 bits per heavy atom. The molecule has 1 heterocycles. The lowest BCUT2D eigenvalue weighted by Crippen LogP contribution is -2.37. The molecule has 1 atom stereocenters. The number of hydrogen-bond acceptors (Lipinski definition) is 3. The second-order valence-corrected chi connectivity index (χ2v) is 5.75. The third-order valence-corrected chi connectivity index (χ3v) is 3.87. The van der Waals surface area contributed by atoms with Crippen LogP contribution in [-0.2, 0) is 15.8 Å². The summed E-state index contributed by atoms with van der Waals surface area (Å²) in [6, 6.07) is 4.25. The monoisotopic (exact) mass is 331 g/mol. The van der Waals surface area contributed by atoms with Gasteiger partial charge in [-0.15, -0.1) is 0 Å². The maximum Gasteiger partial charge on any atom is 0.416 e. The number of carbonyl (C=O) groups is 2. The highest BCUT2D eigenvalue weighted by Gasteiger charge is 2.42. The van der Waals surface area contributed by atoms with Crippen molar-refractivity contribution in [3.8, 4) is 5.75 Å². The summed E-state index contributed by atoms with van der Waals surface area (Å²) in [5.41, 5.74) is -1.85. The Kier molecular flexibility index (Phi) is 4.53. The number of amides is 1. The average Bonchev–Trinajstić information content (AvgIpc) is 2.88. The number of halogens is 3. The molecule has 0 spiro atoms. The van der Waals surface area contributed by atoms with E-state index in [1.807, 2.05) is 0 Å². The summed E-state index contributed by atoms with van der Waals surface area (Å²) < 4.78 is 42.9. The molecule has 1 fully saturated rings. The first-order chi connectivity index (χ1) is 10.6. The molecule has 2 rings (SSSR count). The molecule has 1 aromatic rings. The highest BCUT2D eigenvalue weighted by atomic mass is 19.4. The zero-order valence-electron chi connectivity index (χ0n) is 12.4. The summed E-state index contributed by atoms with van der Waals surface area (Å²) in [4.78, 5) is 24.5. The van der Waals surface area contributed by atoms with Gasteiger partial charge in [-0.2, -0.15) is 13.2 Å². The lowest BCUT2D eigenvalue weighted by atomic mass is 9.90. The van der Waals surface area contributed by atoms with Gasteiger partial charge in [0.15, 0.2) is 6.61 Å². The molecule has 0 aliphatic carbocycles. The SMILES string of the molecule is CC1(C(=O)O)CCN(C(=O)COc2cccc(C(F)(F)F)c2)C1. The van der Waals surface area contributed by atoms with Crippen molar-refractivity contribution in [3.63, 3.8) is 0 Å². The fraction of sp³-hybridized carbons (Fsp3) is 0.467. The lowest BCUT2D eigenvalue weighted by molar-refractivity contribution is -0.147. The standard InChI is InChI=1S/C15H16F3NO4/c1-14(13(21)22)5-6-19(9-14)12(20)8-23-11-4-2-3-10(7-11)15(16,17)18/h2-4,7H,5-6,8-9H2,1H3,(H,21,22). The smallest absolute Gasteiger partial charge is 0.416 e. The van der Waals surface area contributed by atoms with Crippen molar-refractivity contribution in [2.45, 2.75) is 19.5 Å². The molecule has 1 aromatic carbocycles. The van der Waals surface area contributed by atoms with Gasteiger partial charge in [0, 0.05) is 13.1 Å². The zero-order valence-corrected chi connectivity index (χ0v) is 12.4. The molecule has 5 nitrogen and oxygen atoms in total. The molecule has 0 bridgehead atoms. The molecule has 1 unspecified atom stereocenters. The second kappa shape index (κ2) is 6.10. The summed E-state index contributed by atoms with van der Waals surface area (Å²) >= 11 is 0. The third kappa shape index (κ3) is 3.94. The maximum absolute atomic E-state index is 12.6. The Bertz CT molecular complexity index is 617. The van der Waals surface area contributed by atoms with E-state index in [0.29, 0.717) is 6.42 Å². The van der Waals surface area contributed by atoms with Gasteiger partial charge in [-0.1, -0.05) is 6.07 Å². The first kappa shape index (κ1) is 17.1. The first-order valence-corrected chi connectivity index (χ1v) is 6.93. The number of alkyl halides is 3. The van der Waals surface area contributed by atoms with E-state index < -0.39 is 35.6 Å². The van der Waals surface area contributed by atoms with Crippen LogP contribution in [0.3, 0.4) is 0 Å². The molecule has 1 aliphatic heterocycles. The van der Waals surface area contributed by atoms with Crippen molar-refractivity contribution < 1.29 is 32.6 Å². The van der Waals surface area contributed by atoms with Crippen LogP contribution in [0, 0.1) is 5.41 Å². The Balaban J connectivity index is 1.94. The maximum atomic E-state index is 12.6. The minimum absolute atomic E-state index is 0.0617. The van der Waals surface area contributed by atoms with Crippen LogP contribution < -0.4 is 4.74 Å². The van der Waals surface area contributed by atoms with Crippen molar-refractivity contribution >= 4 is 11.9 Å². The summed E-state index contributed by atoms with van der Waals surface area (Å²) in [5.74, 6) is -1.49. The van der Waals surface area contributed by atoms with E-state index >= 15 is 0 Å². The quantitative estimate of drug-likeness (QED) is 0.920. The molecule has 1 amide bonds. The minimum atomic E-state index is -4.48. The molecule has 23 heavy (non-hydrogen) atoms. The largest absolute Gasteiger partial charge is 0.484 e. The van der Waals surface area contributed by atoms with Crippen LogP contribution in [0.4, 0.5) is 13.2 Å². The number of carbonyl (C=O) groups excluding carboxylic acids is 1. The van der Waals surface area contributed by atoms with Gasteiger partial charge in [-0.05, 0) is 31.5 Å². The minimum Gasteiger partial charge on any atom is -0.484 e. The molecule has 126 valence electrons. The first-order valence-electron chi connectivity index (χ1n) is 6.93. The summed E-state index contributed by atoms with van der Waals surface area (Å²) in [5, 5.41) is 9.11. The number of carboxylic acid groups (broad SMARTS) is 1. The normalized spacial score (nSPS) is 21.3. The van der Waals surface area contributed by atoms with Gasteiger partial charge < -0.3 is 14.7 Å². The molecular formula is C15H16F3NO4. The highest BCUT2D eigenvalue weighted by Crippen LogP contribution is 2.32. The van der Waals surface area contributed by atoms with Crippen LogP contribution >= 0.6 is 0 Å². The van der Waals surface area contributed by atoms with Crippen LogP contribution in [0.15, 0.2) is 24.3 Å². The summed E-state index contributed by atoms with van der Waals surface area (Å²) in [7, 11) is 0. The van der Waals surface area contributed by atoms with Gasteiger partial charge in [0.05, 0.1) is 11.0 Å². The number of ether oxygens (including phenoxy) is 1. The van der Waals surface area contributed by atoms with Crippen molar-refractivity contribution in [2.24, 2.45) is 5.41 Å². The zero-order chi connectivity index (χ0) is 17.3. The van der Waals surface area contributed by atoms with Crippen molar-refractivity contribution in [1.29, 1.82) is 0 Å². The Morgan fingerprint density at radius 1 is 1.39 bits per heavy atom. The van der Waals surface area contributed by atoms with Crippen LogP contribution in [-0.4, -0.2) is 41.6 Å². The van der Waals surface area contributed by atoms with Crippen molar-refractivity contribution in [3.05, 3.63) is 29.8 Å². The third-order valence-electron chi connectivity index (χ3n) is 3.87. The predicted octanol–water partition coefficient (Wildman–Crippen LogP) is 2.41. The number of likely N-dealkylation sites (tertiary alicyclic amines) is 1. The van der Waals surface area contributed by atoms with Crippen LogP contribution in [0.2, 0.25) is 0 Å². The van der Waals surface area contributed by atoms with Gasteiger partial charge >= 0.3 is 12.1 Å². The summed E-state index contributed by atoms with van der Waals surface area (Å²) in [6.07, 6.45) is -4.15. The molecule has 1 saturated heterocycles. The van der Waals surface area contributed by atoms with Gasteiger partial charge in [0.2, 0.25) is 0 Å². The second-order valence-electron chi connectivity index (χ2n) is 5.75. The van der Waals surface area contributed by atoms with E-state index in [1.165, 1.54) is 17.0 Å². The predicted molar refractivity (Wildman–Crippen MR) is 73.9 cm³/mol. The van der Waals surface area contributed by atoms with Crippen LogP contribution in [0.25, 0.3) is 0 Å². The summed E-state index contributed by atoms with van der Waals surface area (Å²) in [6.45, 7) is 1.47. The number of aliphatic carboxylic acids is 1. The number of rotatable bonds is 4. The Labute approximate surface area is 130 Å². The number of hydrogen-bond donors (Lipinski definition) is 1. The fourth-order valence-corrected chi connectivity index (χ4v) is 2.35. The fourth-order valence-electron chi connectivity index (χ4n) is 2.35. The molecule has 8 heteroatoms. The molecule has 1 N–H and O–H groups in total. The van der Waals surface area contributed by atoms with Gasteiger partial charge in [-0.25, -0.2) is 0 Å². The topological polar surface area (TPSA) is 66.8 Å². The van der Waals surface area contributed by atoms with Gasteiger partial charge in [0.25, 0.3) is 5.91 Å². The molecule has 0 aromatic heterocycles.